The zero-order chi connectivity index (χ0) is 11.0. The van der Waals surface area contributed by atoms with Crippen molar-refractivity contribution in [2.75, 3.05) is 0 Å². The van der Waals surface area contributed by atoms with E-state index in [9.17, 15) is 0 Å². The molecule has 0 bridgehead atoms. The minimum atomic E-state index is 0.542. The van der Waals surface area contributed by atoms with E-state index in [0.717, 1.165) is 11.2 Å². The predicted octanol–water partition coefficient (Wildman–Crippen LogP) is 2.44. The number of halogens is 1. The monoisotopic (exact) mass is 230 g/mol. The van der Waals surface area contributed by atoms with Crippen molar-refractivity contribution in [3.8, 4) is 11.4 Å². The number of hydrogen-bond donors (Lipinski definition) is 0. The molecule has 0 saturated carbocycles. The molecule has 0 aliphatic heterocycles. The summed E-state index contributed by atoms with van der Waals surface area (Å²) in [7, 11) is 0. The highest BCUT2D eigenvalue weighted by Gasteiger charge is 2.07. The summed E-state index contributed by atoms with van der Waals surface area (Å²) in [5, 5.41) is 4.86. The maximum atomic E-state index is 6.00. The van der Waals surface area contributed by atoms with Crippen LogP contribution in [0.5, 0.6) is 0 Å². The first kappa shape index (κ1) is 9.30. The molecule has 5 heteroatoms. The number of pyridine rings is 2. The van der Waals surface area contributed by atoms with E-state index in [2.05, 4.69) is 15.1 Å². The highest BCUT2D eigenvalue weighted by atomic mass is 35.5. The fraction of sp³-hybridized carbons (Fsp3) is 0. The largest absolute Gasteiger partial charge is 0.264 e. The number of fused-ring (bicyclic) bond motifs is 1. The molecule has 16 heavy (non-hydrogen) atoms. The van der Waals surface area contributed by atoms with Crippen molar-refractivity contribution in [2.45, 2.75) is 0 Å². The van der Waals surface area contributed by atoms with E-state index in [4.69, 9.17) is 11.6 Å². The molecule has 3 rings (SSSR count). The molecule has 0 atom stereocenters. The van der Waals surface area contributed by atoms with Crippen molar-refractivity contribution < 1.29 is 0 Å². The highest BCUT2D eigenvalue weighted by molar-refractivity contribution is 6.29. The minimum Gasteiger partial charge on any atom is -0.264 e. The van der Waals surface area contributed by atoms with E-state index in [0.29, 0.717) is 11.0 Å². The number of nitrogens with zero attached hydrogens (tertiary/aromatic N) is 4. The first-order valence-corrected chi connectivity index (χ1v) is 5.14. The van der Waals surface area contributed by atoms with E-state index in [1.54, 1.807) is 23.0 Å². The van der Waals surface area contributed by atoms with Gasteiger partial charge >= 0.3 is 0 Å². The Hall–Kier alpha value is -1.94. The Morgan fingerprint density at radius 3 is 2.81 bits per heavy atom. The minimum absolute atomic E-state index is 0.542. The van der Waals surface area contributed by atoms with Crippen LogP contribution in [0.3, 0.4) is 0 Å². The SMILES string of the molecule is Clc1cccc2nc(-c3cccnc3)nn12. The third kappa shape index (κ3) is 1.44. The van der Waals surface area contributed by atoms with Crippen molar-refractivity contribution in [1.82, 2.24) is 19.6 Å². The fourth-order valence-corrected chi connectivity index (χ4v) is 1.69. The van der Waals surface area contributed by atoms with Gasteiger partial charge in [0.1, 0.15) is 5.15 Å². The lowest BCUT2D eigenvalue weighted by molar-refractivity contribution is 0.966. The lowest BCUT2D eigenvalue weighted by atomic mass is 10.3. The van der Waals surface area contributed by atoms with Crippen molar-refractivity contribution in [1.29, 1.82) is 0 Å². The second-order valence-electron chi connectivity index (χ2n) is 3.30. The van der Waals surface area contributed by atoms with Crippen LogP contribution in [0.2, 0.25) is 5.15 Å². The summed E-state index contributed by atoms with van der Waals surface area (Å²) in [5.74, 6) is 0.626. The number of aromatic nitrogens is 4. The van der Waals surface area contributed by atoms with Crippen molar-refractivity contribution in [2.24, 2.45) is 0 Å². The average Bonchev–Trinajstić information content (AvgIpc) is 2.76. The van der Waals surface area contributed by atoms with E-state index >= 15 is 0 Å². The number of hydrogen-bond acceptors (Lipinski definition) is 3. The summed E-state index contributed by atoms with van der Waals surface area (Å²) in [6.45, 7) is 0. The van der Waals surface area contributed by atoms with Crippen LogP contribution in [-0.4, -0.2) is 19.6 Å². The molecule has 3 heterocycles. The Labute approximate surface area is 96.5 Å². The van der Waals surface area contributed by atoms with Crippen LogP contribution in [0.4, 0.5) is 0 Å². The second-order valence-corrected chi connectivity index (χ2v) is 3.68. The molecule has 0 fully saturated rings. The highest BCUT2D eigenvalue weighted by Crippen LogP contribution is 2.17. The summed E-state index contributed by atoms with van der Waals surface area (Å²) in [6, 6.07) is 9.24. The van der Waals surface area contributed by atoms with Crippen LogP contribution < -0.4 is 0 Å². The average molecular weight is 231 g/mol. The van der Waals surface area contributed by atoms with E-state index in [-0.39, 0.29) is 0 Å². The van der Waals surface area contributed by atoms with Crippen molar-refractivity contribution >= 4 is 17.2 Å². The first-order chi connectivity index (χ1) is 7.84. The second kappa shape index (κ2) is 3.57. The van der Waals surface area contributed by atoms with Crippen LogP contribution in [0, 0.1) is 0 Å². The van der Waals surface area contributed by atoms with Crippen molar-refractivity contribution in [3.05, 3.63) is 47.9 Å². The Morgan fingerprint density at radius 2 is 2.06 bits per heavy atom. The van der Waals surface area contributed by atoms with Gasteiger partial charge in [0.25, 0.3) is 0 Å². The Bertz CT molecular complexity index is 633. The third-order valence-corrected chi connectivity index (χ3v) is 2.52. The van der Waals surface area contributed by atoms with Crippen LogP contribution in [0.25, 0.3) is 17.0 Å². The van der Waals surface area contributed by atoms with Gasteiger partial charge in [-0.2, -0.15) is 0 Å². The van der Waals surface area contributed by atoms with Crippen LogP contribution in [0.15, 0.2) is 42.7 Å². The smallest absolute Gasteiger partial charge is 0.183 e. The molecule has 78 valence electrons. The quantitative estimate of drug-likeness (QED) is 0.603. The molecule has 0 unspecified atom stereocenters. The van der Waals surface area contributed by atoms with Gasteiger partial charge in [-0.15, -0.1) is 5.10 Å². The molecule has 0 saturated heterocycles. The van der Waals surface area contributed by atoms with Crippen LogP contribution >= 0.6 is 11.6 Å². The van der Waals surface area contributed by atoms with Gasteiger partial charge in [-0.05, 0) is 24.3 Å². The zero-order valence-corrected chi connectivity index (χ0v) is 8.96. The standard InChI is InChI=1S/C11H7ClN4/c12-9-4-1-5-10-14-11(15-16(9)10)8-3-2-6-13-7-8/h1-7H. The predicted molar refractivity (Wildman–Crippen MR) is 61.2 cm³/mol. The van der Waals surface area contributed by atoms with Gasteiger partial charge < -0.3 is 0 Å². The summed E-state index contributed by atoms with van der Waals surface area (Å²) in [5.41, 5.74) is 1.61. The van der Waals surface area contributed by atoms with Gasteiger partial charge in [-0.1, -0.05) is 17.7 Å². The summed E-state index contributed by atoms with van der Waals surface area (Å²) < 4.78 is 1.60. The van der Waals surface area contributed by atoms with Gasteiger partial charge in [-0.25, -0.2) is 9.50 Å². The van der Waals surface area contributed by atoms with E-state index in [1.807, 2.05) is 24.3 Å². The normalized spacial score (nSPS) is 10.8. The van der Waals surface area contributed by atoms with Gasteiger partial charge in [0.15, 0.2) is 11.5 Å². The fourth-order valence-electron chi connectivity index (χ4n) is 1.49. The molecule has 0 N–H and O–H groups in total. The lowest BCUT2D eigenvalue weighted by Gasteiger charge is -1.92. The topological polar surface area (TPSA) is 43.1 Å². The van der Waals surface area contributed by atoms with Crippen molar-refractivity contribution in [3.63, 3.8) is 0 Å². The molecule has 3 aromatic heterocycles. The molecule has 0 radical (unpaired) electrons. The lowest BCUT2D eigenvalue weighted by Crippen LogP contribution is -1.88. The third-order valence-electron chi connectivity index (χ3n) is 2.23. The molecule has 4 nitrogen and oxygen atoms in total. The van der Waals surface area contributed by atoms with E-state index < -0.39 is 0 Å². The maximum absolute atomic E-state index is 6.00. The molecule has 0 aromatic carbocycles. The van der Waals surface area contributed by atoms with Gasteiger partial charge in [0.05, 0.1) is 0 Å². The summed E-state index contributed by atoms with van der Waals surface area (Å²) >= 11 is 6.00. The summed E-state index contributed by atoms with van der Waals surface area (Å²) in [6.07, 6.45) is 3.44. The molecule has 0 amide bonds. The Kier molecular flexibility index (Phi) is 2.08. The van der Waals surface area contributed by atoms with E-state index in [1.165, 1.54) is 0 Å². The molecular weight excluding hydrogens is 224 g/mol. The zero-order valence-electron chi connectivity index (χ0n) is 8.21. The Balaban J connectivity index is 2.23. The van der Waals surface area contributed by atoms with Gasteiger partial charge in [-0.3, -0.25) is 4.98 Å². The number of rotatable bonds is 1. The molecule has 0 spiro atoms. The van der Waals surface area contributed by atoms with Gasteiger partial charge in [0.2, 0.25) is 0 Å². The maximum Gasteiger partial charge on any atom is 0.183 e. The van der Waals surface area contributed by atoms with Crippen LogP contribution in [0.1, 0.15) is 0 Å². The molecule has 3 aromatic rings. The molecule has 0 aliphatic rings. The Morgan fingerprint density at radius 1 is 1.12 bits per heavy atom. The first-order valence-electron chi connectivity index (χ1n) is 4.76. The van der Waals surface area contributed by atoms with Gasteiger partial charge in [0, 0.05) is 18.0 Å². The van der Waals surface area contributed by atoms with Crippen LogP contribution in [-0.2, 0) is 0 Å². The summed E-state index contributed by atoms with van der Waals surface area (Å²) in [4.78, 5) is 8.40. The molecular formula is C11H7ClN4. The molecule has 0 aliphatic carbocycles.